The minimum absolute atomic E-state index is 0.721. The van der Waals surface area contributed by atoms with Crippen LogP contribution in [0.5, 0.6) is 0 Å². The average molecular weight is 144 g/mol. The van der Waals surface area contributed by atoms with Gasteiger partial charge in [0, 0.05) is 0 Å². The minimum atomic E-state index is 0.721. The zero-order valence-electron chi connectivity index (χ0n) is 7.73. The summed E-state index contributed by atoms with van der Waals surface area (Å²) in [5, 5.41) is 0. The maximum atomic E-state index is 4.99. The Hall–Kier alpha value is 0.384. The zero-order chi connectivity index (χ0) is 9.07. The van der Waals surface area contributed by atoms with E-state index < -0.39 is 0 Å². The van der Waals surface area contributed by atoms with E-state index in [4.69, 9.17) is 4.65 Å². The molecule has 0 atom stereocenters. The SMILES string of the molecule is BB=BB=BB=BB=BOCC. The van der Waals surface area contributed by atoms with E-state index in [2.05, 4.69) is 0 Å². The molecule has 0 saturated heterocycles. The molecular formula is C2H7B9O. The summed E-state index contributed by atoms with van der Waals surface area (Å²) in [5.74, 6) is 0. The Balaban J connectivity index is 3.48. The van der Waals surface area contributed by atoms with E-state index in [0.29, 0.717) is 0 Å². The first-order valence-corrected chi connectivity index (χ1v) is 4.14. The molecule has 1 nitrogen and oxygen atoms in total. The molecule has 0 heterocycles. The first-order valence-electron chi connectivity index (χ1n) is 4.14. The van der Waals surface area contributed by atoms with Crippen molar-refractivity contribution in [2.45, 2.75) is 6.92 Å². The van der Waals surface area contributed by atoms with Crippen LogP contribution in [0, 0.1) is 0 Å². The van der Waals surface area contributed by atoms with Crippen LogP contribution in [0.25, 0.3) is 0 Å². The molecule has 0 aromatic carbocycles. The second kappa shape index (κ2) is 11.4. The van der Waals surface area contributed by atoms with Gasteiger partial charge in [-0.2, -0.15) is 0 Å². The van der Waals surface area contributed by atoms with Crippen molar-refractivity contribution in [3.63, 3.8) is 0 Å². The molecule has 0 radical (unpaired) electrons. The first kappa shape index (κ1) is 12.4. The van der Waals surface area contributed by atoms with E-state index in [0.717, 1.165) is 6.61 Å². The molecule has 0 rings (SSSR count). The van der Waals surface area contributed by atoms with E-state index in [1.54, 1.807) is 7.00 Å². The molecule has 0 aliphatic carbocycles. The van der Waals surface area contributed by atoms with E-state index in [-0.39, 0.29) is 0 Å². The predicted molar refractivity (Wildman–Crippen MR) is 66.2 cm³/mol. The Morgan fingerprint density at radius 3 is 2.17 bits per heavy atom. The van der Waals surface area contributed by atoms with Crippen molar-refractivity contribution in [1.82, 2.24) is 0 Å². The predicted octanol–water partition coefficient (Wildman–Crippen LogP) is -3.48. The van der Waals surface area contributed by atoms with Gasteiger partial charge in [-0.15, -0.1) is 0 Å². The standard InChI is InChI=1S/C2H7B9O/c1-2-12-11-10-9-8-7-6-5-4-3/h2-3H2,1H3. The van der Waals surface area contributed by atoms with E-state index in [1.807, 2.05) is 61.5 Å². The third-order valence-electron chi connectivity index (χ3n) is 1.09. The van der Waals surface area contributed by atoms with Gasteiger partial charge < -0.3 is 0 Å². The molecule has 10 heteroatoms. The molecule has 0 bridgehead atoms. The Kier molecular flexibility index (Phi) is 11.7. The van der Waals surface area contributed by atoms with Crippen molar-refractivity contribution in [2.24, 2.45) is 0 Å². The number of hydrogen-bond donors (Lipinski definition) is 0. The van der Waals surface area contributed by atoms with E-state index in [9.17, 15) is 0 Å². The molecule has 0 spiro atoms. The van der Waals surface area contributed by atoms with Crippen LogP contribution in [0.3, 0.4) is 0 Å². The fourth-order valence-corrected chi connectivity index (χ4v) is 0.565. The van der Waals surface area contributed by atoms with Crippen LogP contribution >= 0.6 is 0 Å². The molecule has 0 unspecified atom stereocenters. The molecule has 0 aromatic rings. The van der Waals surface area contributed by atoms with Gasteiger partial charge in [-0.05, 0) is 0 Å². The Labute approximate surface area is 80.2 Å². The van der Waals surface area contributed by atoms with Crippen LogP contribution in [0.4, 0.5) is 0 Å². The molecule has 0 fully saturated rings. The third-order valence-corrected chi connectivity index (χ3v) is 1.09. The fourth-order valence-electron chi connectivity index (χ4n) is 0.565. The van der Waals surface area contributed by atoms with Gasteiger partial charge >= 0.3 is 79.8 Å². The van der Waals surface area contributed by atoms with Gasteiger partial charge in [0.2, 0.25) is 0 Å². The zero-order valence-corrected chi connectivity index (χ0v) is 7.73. The molecule has 0 aliphatic heterocycles. The van der Waals surface area contributed by atoms with Crippen molar-refractivity contribution >= 4 is 61.6 Å². The molecule has 0 aromatic heterocycles. The van der Waals surface area contributed by atoms with Crippen LogP contribution in [0.2, 0.25) is 0 Å². The molecular weight excluding hydrogens is 137 g/mol. The van der Waals surface area contributed by atoms with Crippen LogP contribution in [0.15, 0.2) is 0 Å². The average Bonchev–Trinajstić information content (AvgIpc) is 2.10. The first-order chi connectivity index (χ1) is 5.91. The maximum absolute atomic E-state index is 4.99. The van der Waals surface area contributed by atoms with Gasteiger partial charge in [0.05, 0.1) is 0 Å². The normalized spacial score (nSPS) is 7.42. The summed E-state index contributed by atoms with van der Waals surface area (Å²) >= 11 is 0. The van der Waals surface area contributed by atoms with Gasteiger partial charge in [0.25, 0.3) is 0 Å². The second-order valence-corrected chi connectivity index (χ2v) is 2.08. The van der Waals surface area contributed by atoms with Crippen LogP contribution in [-0.4, -0.2) is 68.2 Å². The van der Waals surface area contributed by atoms with Crippen LogP contribution in [-0.2, 0) is 4.65 Å². The van der Waals surface area contributed by atoms with Crippen molar-refractivity contribution in [1.29, 1.82) is 0 Å². The molecule has 0 amide bonds. The fraction of sp³-hybridized carbons (Fsp3) is 1.00. The summed E-state index contributed by atoms with van der Waals surface area (Å²) in [6, 6.07) is 0. The summed E-state index contributed by atoms with van der Waals surface area (Å²) in [4.78, 5) is 0. The van der Waals surface area contributed by atoms with E-state index >= 15 is 0 Å². The second-order valence-electron chi connectivity index (χ2n) is 2.08. The Bertz CT molecular complexity index is 193. The molecule has 12 heavy (non-hydrogen) atoms. The Morgan fingerprint density at radius 1 is 1.00 bits per heavy atom. The summed E-state index contributed by atoms with van der Waals surface area (Å²) in [6.07, 6.45) is 0. The monoisotopic (exact) mass is 146 g/mol. The third kappa shape index (κ3) is 10.4. The van der Waals surface area contributed by atoms with Gasteiger partial charge in [-0.3, -0.25) is 0 Å². The van der Waals surface area contributed by atoms with Crippen LogP contribution in [0.1, 0.15) is 6.92 Å². The summed E-state index contributed by atoms with van der Waals surface area (Å²) in [5.41, 5.74) is 0. The molecule has 48 valence electrons. The van der Waals surface area contributed by atoms with Crippen molar-refractivity contribution < 1.29 is 4.65 Å². The molecule has 0 aliphatic rings. The topological polar surface area (TPSA) is 9.23 Å². The number of rotatable bonds is 5. The number of hydrogen-bond acceptors (Lipinski definition) is 1. The van der Waals surface area contributed by atoms with E-state index in [1.165, 1.54) is 0 Å². The Morgan fingerprint density at radius 2 is 1.58 bits per heavy atom. The molecule has 0 N–H and O–H groups in total. The summed E-state index contributed by atoms with van der Waals surface area (Å²) in [6.45, 7) is 16.3. The van der Waals surface area contributed by atoms with Gasteiger partial charge in [0.15, 0.2) is 0 Å². The van der Waals surface area contributed by atoms with Gasteiger partial charge in [0.1, 0.15) is 0 Å². The van der Waals surface area contributed by atoms with Crippen molar-refractivity contribution in [3.05, 3.63) is 0 Å². The molecule has 0 saturated carbocycles. The quantitative estimate of drug-likeness (QED) is 0.364. The van der Waals surface area contributed by atoms with Gasteiger partial charge in [-0.1, -0.05) is 0 Å². The van der Waals surface area contributed by atoms with Crippen molar-refractivity contribution in [3.8, 4) is 0 Å². The summed E-state index contributed by atoms with van der Waals surface area (Å²) in [7, 11) is 3.67. The van der Waals surface area contributed by atoms with Crippen molar-refractivity contribution in [2.75, 3.05) is 6.61 Å². The summed E-state index contributed by atoms with van der Waals surface area (Å²) < 4.78 is 4.99. The van der Waals surface area contributed by atoms with Gasteiger partial charge in [-0.25, -0.2) is 0 Å². The van der Waals surface area contributed by atoms with Crippen LogP contribution < -0.4 is 0 Å².